The number of aliphatic carboxylic acids is 3. The molecule has 0 aliphatic rings. The van der Waals surface area contributed by atoms with E-state index in [1.807, 2.05) is 24.7 Å². The number of hydrogen-bond acceptors (Lipinski definition) is 9. The average molecular weight is 534 g/mol. The summed E-state index contributed by atoms with van der Waals surface area (Å²) in [5.74, 6) is -5.02. The molecule has 37 heavy (non-hydrogen) atoms. The van der Waals surface area contributed by atoms with Crippen LogP contribution in [0.3, 0.4) is 0 Å². The zero-order valence-corrected chi connectivity index (χ0v) is 21.4. The molecule has 3 rings (SSSR count). The standard InChI is InChI=1S/C18H23N5S.C6H8O7/c1-22(2)8-9-23(13-15-5-3-7-19-11-15)14-16-12-20-21-18(16)17-6-4-10-24-17;7-3(8)1-6(13,5(11)12)2-4(9)10/h3-7,10-12H,8-9,13-14H2,1-2H3,(H,20,21);13H,1-2H2,(H,7,8)(H,9,10)(H,11,12). The van der Waals surface area contributed by atoms with Gasteiger partial charge in [-0.15, -0.1) is 11.3 Å². The Kier molecular flexibility index (Phi) is 11.3. The third kappa shape index (κ3) is 10.1. The highest BCUT2D eigenvalue weighted by Gasteiger charge is 2.40. The number of rotatable bonds is 13. The highest BCUT2D eigenvalue weighted by atomic mass is 32.1. The molecule has 0 radical (unpaired) electrons. The van der Waals surface area contributed by atoms with Gasteiger partial charge in [0.05, 0.1) is 29.6 Å². The van der Waals surface area contributed by atoms with E-state index in [1.165, 1.54) is 16.0 Å². The number of nitrogens with one attached hydrogen (secondary N) is 1. The average Bonchev–Trinajstić information content (AvgIpc) is 3.49. The first-order chi connectivity index (χ1) is 17.5. The SMILES string of the molecule is CN(C)CCN(Cc1cccnc1)Cc1cn[nH]c1-c1cccs1.O=C(O)CC(O)(CC(=O)O)C(=O)O. The van der Waals surface area contributed by atoms with E-state index < -0.39 is 36.4 Å². The van der Waals surface area contributed by atoms with Crippen molar-refractivity contribution in [3.63, 3.8) is 0 Å². The topological polar surface area (TPSA) is 180 Å². The van der Waals surface area contributed by atoms with Crippen molar-refractivity contribution in [3.8, 4) is 10.6 Å². The largest absolute Gasteiger partial charge is 0.481 e. The summed E-state index contributed by atoms with van der Waals surface area (Å²) in [4.78, 5) is 40.6. The summed E-state index contributed by atoms with van der Waals surface area (Å²) in [5.41, 5.74) is 0.862. The molecule has 0 saturated carbocycles. The lowest BCUT2D eigenvalue weighted by atomic mass is 9.96. The highest BCUT2D eigenvalue weighted by molar-refractivity contribution is 7.13. The Balaban J connectivity index is 0.000000317. The van der Waals surface area contributed by atoms with Crippen LogP contribution in [0.2, 0.25) is 0 Å². The van der Waals surface area contributed by atoms with E-state index in [4.69, 9.17) is 20.4 Å². The molecule has 0 spiro atoms. The fourth-order valence-corrected chi connectivity index (χ4v) is 4.08. The Morgan fingerprint density at radius 3 is 2.22 bits per heavy atom. The second kappa shape index (κ2) is 14.2. The van der Waals surface area contributed by atoms with Gasteiger partial charge in [-0.1, -0.05) is 12.1 Å². The fourth-order valence-electron chi connectivity index (χ4n) is 3.33. The third-order valence-electron chi connectivity index (χ3n) is 5.16. The first-order valence-corrected chi connectivity index (χ1v) is 12.1. The van der Waals surface area contributed by atoms with E-state index in [9.17, 15) is 14.4 Å². The summed E-state index contributed by atoms with van der Waals surface area (Å²) in [6.07, 6.45) is 3.42. The maximum atomic E-state index is 10.3. The van der Waals surface area contributed by atoms with Gasteiger partial charge < -0.3 is 25.3 Å². The minimum absolute atomic E-state index is 0.868. The van der Waals surface area contributed by atoms with Gasteiger partial charge >= 0.3 is 17.9 Å². The van der Waals surface area contributed by atoms with Crippen molar-refractivity contribution in [2.45, 2.75) is 31.5 Å². The quantitative estimate of drug-likeness (QED) is 0.216. The van der Waals surface area contributed by atoms with Crippen LogP contribution in [0, 0.1) is 0 Å². The molecular formula is C24H31N5O7S. The van der Waals surface area contributed by atoms with Crippen molar-refractivity contribution in [1.82, 2.24) is 25.0 Å². The van der Waals surface area contributed by atoms with Gasteiger partial charge in [0, 0.05) is 44.1 Å². The molecule has 0 fully saturated rings. The van der Waals surface area contributed by atoms with Gasteiger partial charge in [-0.2, -0.15) is 5.10 Å². The maximum absolute atomic E-state index is 10.3. The number of pyridine rings is 1. The van der Waals surface area contributed by atoms with Crippen molar-refractivity contribution in [2.24, 2.45) is 0 Å². The Morgan fingerprint density at radius 1 is 1.00 bits per heavy atom. The fraction of sp³-hybridized carbons (Fsp3) is 0.375. The number of carbonyl (C=O) groups is 3. The predicted molar refractivity (Wildman–Crippen MR) is 136 cm³/mol. The van der Waals surface area contributed by atoms with Crippen LogP contribution in [0.4, 0.5) is 0 Å². The summed E-state index contributed by atoms with van der Waals surface area (Å²) in [6.45, 7) is 3.77. The van der Waals surface area contributed by atoms with E-state index in [0.29, 0.717) is 0 Å². The van der Waals surface area contributed by atoms with Gasteiger partial charge in [-0.05, 0) is 37.2 Å². The first kappa shape index (κ1) is 29.6. The van der Waals surface area contributed by atoms with Crippen LogP contribution in [0.1, 0.15) is 24.0 Å². The van der Waals surface area contributed by atoms with Crippen LogP contribution in [0.5, 0.6) is 0 Å². The molecule has 3 aromatic heterocycles. The molecule has 12 nitrogen and oxygen atoms in total. The second-order valence-corrected chi connectivity index (χ2v) is 9.55. The molecule has 0 atom stereocenters. The zero-order chi connectivity index (χ0) is 27.4. The molecule has 3 heterocycles. The van der Waals surface area contributed by atoms with Crippen LogP contribution in [0.25, 0.3) is 10.6 Å². The van der Waals surface area contributed by atoms with Gasteiger partial charge in [0.2, 0.25) is 0 Å². The minimum Gasteiger partial charge on any atom is -0.481 e. The smallest absolute Gasteiger partial charge is 0.336 e. The number of aromatic nitrogens is 3. The summed E-state index contributed by atoms with van der Waals surface area (Å²) < 4.78 is 0. The molecule has 3 aromatic rings. The van der Waals surface area contributed by atoms with E-state index >= 15 is 0 Å². The molecule has 0 unspecified atom stereocenters. The zero-order valence-electron chi connectivity index (χ0n) is 20.6. The highest BCUT2D eigenvalue weighted by Crippen LogP contribution is 2.27. The second-order valence-electron chi connectivity index (χ2n) is 8.60. The van der Waals surface area contributed by atoms with Crippen molar-refractivity contribution in [2.75, 3.05) is 27.2 Å². The number of aliphatic hydroxyl groups is 1. The number of thiophene rings is 1. The number of aromatic amines is 1. The molecular weight excluding hydrogens is 502 g/mol. The maximum Gasteiger partial charge on any atom is 0.336 e. The van der Waals surface area contributed by atoms with Gasteiger partial charge in [-0.25, -0.2) is 4.79 Å². The van der Waals surface area contributed by atoms with Crippen LogP contribution in [-0.2, 0) is 27.5 Å². The van der Waals surface area contributed by atoms with Gasteiger partial charge in [-0.3, -0.25) is 24.6 Å². The molecule has 13 heteroatoms. The summed E-state index contributed by atoms with van der Waals surface area (Å²) in [7, 11) is 4.22. The summed E-state index contributed by atoms with van der Waals surface area (Å²) in [6, 6.07) is 8.33. The number of hydrogen-bond donors (Lipinski definition) is 5. The molecule has 0 amide bonds. The number of carboxylic acids is 3. The Hall–Kier alpha value is -3.65. The monoisotopic (exact) mass is 533 g/mol. The summed E-state index contributed by atoms with van der Waals surface area (Å²) >= 11 is 1.74. The van der Waals surface area contributed by atoms with Gasteiger partial charge in [0.1, 0.15) is 0 Å². The molecule has 0 aliphatic carbocycles. The molecule has 0 aliphatic heterocycles. The Labute approximate surface area is 217 Å². The van der Waals surface area contributed by atoms with Crippen molar-refractivity contribution >= 4 is 29.2 Å². The number of likely N-dealkylation sites (N-methyl/N-ethyl adjacent to an activating group) is 1. The number of nitrogens with zero attached hydrogens (tertiary/aromatic N) is 4. The Bertz CT molecular complexity index is 1120. The molecule has 0 saturated heterocycles. The van der Waals surface area contributed by atoms with Crippen LogP contribution in [-0.4, -0.2) is 96.1 Å². The molecule has 5 N–H and O–H groups in total. The lowest BCUT2D eigenvalue weighted by Gasteiger charge is -2.24. The normalized spacial score (nSPS) is 11.3. The van der Waals surface area contributed by atoms with E-state index in [2.05, 4.69) is 62.7 Å². The lowest BCUT2D eigenvalue weighted by molar-refractivity contribution is -0.170. The molecule has 0 aromatic carbocycles. The minimum atomic E-state index is -2.74. The van der Waals surface area contributed by atoms with Crippen molar-refractivity contribution in [1.29, 1.82) is 0 Å². The van der Waals surface area contributed by atoms with E-state index in [-0.39, 0.29) is 0 Å². The van der Waals surface area contributed by atoms with E-state index in [1.54, 1.807) is 11.3 Å². The first-order valence-electron chi connectivity index (χ1n) is 11.2. The Morgan fingerprint density at radius 2 is 1.70 bits per heavy atom. The molecule has 0 bridgehead atoms. The van der Waals surface area contributed by atoms with Gasteiger partial charge in [0.25, 0.3) is 0 Å². The molecule has 200 valence electrons. The number of H-pyrrole nitrogens is 1. The van der Waals surface area contributed by atoms with Crippen molar-refractivity contribution in [3.05, 3.63) is 59.4 Å². The number of carboxylic acid groups (broad SMARTS) is 3. The van der Waals surface area contributed by atoms with Crippen LogP contribution < -0.4 is 0 Å². The lowest BCUT2D eigenvalue weighted by Crippen LogP contribution is -2.42. The van der Waals surface area contributed by atoms with Gasteiger partial charge in [0.15, 0.2) is 5.60 Å². The summed E-state index contributed by atoms with van der Waals surface area (Å²) in [5, 5.41) is 43.3. The van der Waals surface area contributed by atoms with Crippen molar-refractivity contribution < 1.29 is 34.8 Å². The predicted octanol–water partition coefficient (Wildman–Crippen LogP) is 1.85. The van der Waals surface area contributed by atoms with Crippen LogP contribution >= 0.6 is 11.3 Å². The van der Waals surface area contributed by atoms with Crippen LogP contribution in [0.15, 0.2) is 48.2 Å². The van der Waals surface area contributed by atoms with E-state index in [0.717, 1.165) is 31.9 Å². The third-order valence-corrected chi connectivity index (χ3v) is 6.04.